The Labute approximate surface area is 105 Å². The van der Waals surface area contributed by atoms with Crippen LogP contribution in [0, 0.1) is 5.92 Å². The van der Waals surface area contributed by atoms with Gasteiger partial charge in [-0.2, -0.15) is 0 Å². The standard InChI is InChI=1S/C12H14N2O2S/c1-14(17-10-5-3-2-4-6-10)12(16)13-11(15)9-7-8-9/h2-6,9H,7-8H2,1H3,(H,13,15,16). The fraction of sp³-hybridized carbons (Fsp3) is 0.333. The Morgan fingerprint density at radius 1 is 1.29 bits per heavy atom. The number of urea groups is 1. The summed E-state index contributed by atoms with van der Waals surface area (Å²) in [4.78, 5) is 24.0. The lowest BCUT2D eigenvalue weighted by atomic mass is 10.4. The molecule has 0 radical (unpaired) electrons. The van der Waals surface area contributed by atoms with Gasteiger partial charge in [-0.1, -0.05) is 18.2 Å². The summed E-state index contributed by atoms with van der Waals surface area (Å²) < 4.78 is 1.43. The van der Waals surface area contributed by atoms with E-state index < -0.39 is 0 Å². The highest BCUT2D eigenvalue weighted by molar-refractivity contribution is 7.97. The minimum Gasteiger partial charge on any atom is -0.277 e. The molecule has 2 rings (SSSR count). The van der Waals surface area contributed by atoms with Gasteiger partial charge in [0.25, 0.3) is 0 Å². The van der Waals surface area contributed by atoms with Gasteiger partial charge in [-0.15, -0.1) is 0 Å². The summed E-state index contributed by atoms with van der Waals surface area (Å²) in [6, 6.07) is 9.19. The number of rotatable bonds is 3. The van der Waals surface area contributed by atoms with Gasteiger partial charge in [-0.05, 0) is 36.9 Å². The van der Waals surface area contributed by atoms with Crippen molar-refractivity contribution < 1.29 is 9.59 Å². The van der Waals surface area contributed by atoms with Crippen LogP contribution in [0.15, 0.2) is 35.2 Å². The average molecular weight is 250 g/mol. The van der Waals surface area contributed by atoms with Crippen LogP contribution < -0.4 is 5.32 Å². The van der Waals surface area contributed by atoms with Gasteiger partial charge in [-0.3, -0.25) is 14.4 Å². The molecule has 1 aliphatic carbocycles. The molecule has 90 valence electrons. The second kappa shape index (κ2) is 5.23. The van der Waals surface area contributed by atoms with Gasteiger partial charge in [0.05, 0.1) is 0 Å². The third kappa shape index (κ3) is 3.49. The van der Waals surface area contributed by atoms with Crippen molar-refractivity contribution in [2.24, 2.45) is 5.92 Å². The Balaban J connectivity index is 1.84. The van der Waals surface area contributed by atoms with Crippen LogP contribution in [-0.4, -0.2) is 23.3 Å². The molecule has 0 bridgehead atoms. The van der Waals surface area contributed by atoms with Crippen molar-refractivity contribution in [3.8, 4) is 0 Å². The normalized spacial score (nSPS) is 14.2. The van der Waals surface area contributed by atoms with Gasteiger partial charge in [0, 0.05) is 17.9 Å². The molecule has 0 unspecified atom stereocenters. The molecule has 1 aromatic rings. The maximum absolute atomic E-state index is 11.7. The molecule has 0 aromatic heterocycles. The lowest BCUT2D eigenvalue weighted by Gasteiger charge is -2.15. The molecule has 1 N–H and O–H groups in total. The molecular formula is C12H14N2O2S. The van der Waals surface area contributed by atoms with E-state index in [1.807, 2.05) is 30.3 Å². The van der Waals surface area contributed by atoms with E-state index >= 15 is 0 Å². The fourth-order valence-electron chi connectivity index (χ4n) is 1.31. The smallest absolute Gasteiger partial charge is 0.277 e. The van der Waals surface area contributed by atoms with Crippen molar-refractivity contribution in [3.05, 3.63) is 30.3 Å². The Morgan fingerprint density at radius 3 is 2.53 bits per heavy atom. The molecule has 3 amide bonds. The molecule has 0 saturated heterocycles. The zero-order chi connectivity index (χ0) is 12.3. The monoisotopic (exact) mass is 250 g/mol. The average Bonchev–Trinajstić information content (AvgIpc) is 3.14. The Kier molecular flexibility index (Phi) is 3.68. The first-order valence-electron chi connectivity index (χ1n) is 5.48. The van der Waals surface area contributed by atoms with E-state index in [1.165, 1.54) is 16.3 Å². The molecule has 0 atom stereocenters. The number of carbonyl (C=O) groups excluding carboxylic acids is 2. The minimum absolute atomic E-state index is 0.0501. The largest absolute Gasteiger partial charge is 0.334 e. The summed E-state index contributed by atoms with van der Waals surface area (Å²) in [6.07, 6.45) is 1.79. The third-order valence-electron chi connectivity index (χ3n) is 2.45. The van der Waals surface area contributed by atoms with E-state index in [4.69, 9.17) is 0 Å². The SMILES string of the molecule is CN(Sc1ccccc1)C(=O)NC(=O)C1CC1. The van der Waals surface area contributed by atoms with Crippen LogP contribution in [0.1, 0.15) is 12.8 Å². The number of imide groups is 1. The zero-order valence-electron chi connectivity index (χ0n) is 9.55. The van der Waals surface area contributed by atoms with Crippen molar-refractivity contribution in [3.63, 3.8) is 0 Å². The van der Waals surface area contributed by atoms with Crippen LogP contribution in [0.2, 0.25) is 0 Å². The summed E-state index contributed by atoms with van der Waals surface area (Å²) in [7, 11) is 1.65. The number of benzene rings is 1. The number of hydrogen-bond acceptors (Lipinski definition) is 3. The number of carbonyl (C=O) groups is 2. The van der Waals surface area contributed by atoms with Crippen LogP contribution in [0.5, 0.6) is 0 Å². The van der Waals surface area contributed by atoms with Crippen LogP contribution in [0.4, 0.5) is 4.79 Å². The molecule has 1 aliphatic rings. The van der Waals surface area contributed by atoms with Crippen molar-refractivity contribution in [1.29, 1.82) is 0 Å². The van der Waals surface area contributed by atoms with Crippen LogP contribution in [-0.2, 0) is 4.79 Å². The first kappa shape index (κ1) is 12.0. The second-order valence-electron chi connectivity index (χ2n) is 3.97. The van der Waals surface area contributed by atoms with Gasteiger partial charge in [0.1, 0.15) is 0 Å². The summed E-state index contributed by atoms with van der Waals surface area (Å²) in [5, 5.41) is 2.39. The lowest BCUT2D eigenvalue weighted by Crippen LogP contribution is -2.38. The molecule has 17 heavy (non-hydrogen) atoms. The van der Waals surface area contributed by atoms with Gasteiger partial charge >= 0.3 is 6.03 Å². The molecule has 0 spiro atoms. The second-order valence-corrected chi connectivity index (χ2v) is 5.17. The van der Waals surface area contributed by atoms with E-state index in [0.717, 1.165) is 17.7 Å². The third-order valence-corrected chi connectivity index (χ3v) is 3.37. The fourth-order valence-corrected chi connectivity index (χ4v) is 2.04. The Bertz CT molecular complexity index is 418. The molecule has 0 aliphatic heterocycles. The number of nitrogens with one attached hydrogen (secondary N) is 1. The highest BCUT2D eigenvalue weighted by atomic mass is 32.2. The van der Waals surface area contributed by atoms with Crippen LogP contribution in [0.3, 0.4) is 0 Å². The quantitative estimate of drug-likeness (QED) is 0.837. The van der Waals surface area contributed by atoms with Crippen molar-refractivity contribution in [2.45, 2.75) is 17.7 Å². The van der Waals surface area contributed by atoms with Gasteiger partial charge in [0.2, 0.25) is 5.91 Å². The topological polar surface area (TPSA) is 49.4 Å². The highest BCUT2D eigenvalue weighted by Crippen LogP contribution is 2.29. The van der Waals surface area contributed by atoms with Crippen molar-refractivity contribution in [1.82, 2.24) is 9.62 Å². The number of hydrogen-bond donors (Lipinski definition) is 1. The maximum Gasteiger partial charge on any atom is 0.334 e. The van der Waals surface area contributed by atoms with E-state index in [1.54, 1.807) is 7.05 Å². The van der Waals surface area contributed by atoms with Crippen molar-refractivity contribution in [2.75, 3.05) is 7.05 Å². The summed E-state index contributed by atoms with van der Waals surface area (Å²) >= 11 is 1.29. The molecule has 4 nitrogen and oxygen atoms in total. The predicted molar refractivity (Wildman–Crippen MR) is 66.3 cm³/mol. The van der Waals surface area contributed by atoms with E-state index in [9.17, 15) is 9.59 Å². The van der Waals surface area contributed by atoms with Crippen LogP contribution >= 0.6 is 11.9 Å². The lowest BCUT2D eigenvalue weighted by molar-refractivity contribution is -0.121. The van der Waals surface area contributed by atoms with Crippen LogP contribution in [0.25, 0.3) is 0 Å². The molecule has 1 fully saturated rings. The summed E-state index contributed by atoms with van der Waals surface area (Å²) in [5.41, 5.74) is 0. The molecule has 1 saturated carbocycles. The van der Waals surface area contributed by atoms with Gasteiger partial charge in [0.15, 0.2) is 0 Å². The molecule has 1 aromatic carbocycles. The highest BCUT2D eigenvalue weighted by Gasteiger charge is 2.31. The van der Waals surface area contributed by atoms with Crippen molar-refractivity contribution >= 4 is 23.9 Å². The Hall–Kier alpha value is -1.49. The summed E-state index contributed by atoms with van der Waals surface area (Å²) in [6.45, 7) is 0. The number of amides is 3. The number of nitrogens with zero attached hydrogens (tertiary/aromatic N) is 1. The minimum atomic E-state index is -0.365. The van der Waals surface area contributed by atoms with Gasteiger partial charge in [-0.25, -0.2) is 4.79 Å². The summed E-state index contributed by atoms with van der Waals surface area (Å²) in [5.74, 6) is -0.107. The first-order valence-corrected chi connectivity index (χ1v) is 6.26. The first-order chi connectivity index (χ1) is 8.16. The zero-order valence-corrected chi connectivity index (χ0v) is 10.4. The van der Waals surface area contributed by atoms with E-state index in [2.05, 4.69) is 5.32 Å². The molecule has 5 heteroatoms. The van der Waals surface area contributed by atoms with Gasteiger partial charge < -0.3 is 0 Å². The molecular weight excluding hydrogens is 236 g/mol. The van der Waals surface area contributed by atoms with E-state index in [-0.39, 0.29) is 17.9 Å². The Morgan fingerprint density at radius 2 is 1.94 bits per heavy atom. The van der Waals surface area contributed by atoms with E-state index in [0.29, 0.717) is 0 Å². The maximum atomic E-state index is 11.7. The molecule has 0 heterocycles. The predicted octanol–water partition coefficient (Wildman–Crippen LogP) is 2.27.